The monoisotopic (exact) mass is 183 g/mol. The normalized spacial score (nSPS) is 29.2. The number of hydrogen-bond acceptors (Lipinski definition) is 3. The number of nitrogens with one attached hydrogen (secondary N) is 1. The van der Waals surface area contributed by atoms with Crippen LogP contribution in [0.4, 0.5) is 0 Å². The third kappa shape index (κ3) is 2.00. The van der Waals surface area contributed by atoms with Crippen molar-refractivity contribution in [3.63, 3.8) is 0 Å². The van der Waals surface area contributed by atoms with E-state index in [9.17, 15) is 4.79 Å². The third-order valence-electron chi connectivity index (χ3n) is 2.47. The summed E-state index contributed by atoms with van der Waals surface area (Å²) in [5.41, 5.74) is 0. The van der Waals surface area contributed by atoms with Crippen LogP contribution >= 0.6 is 0 Å². The highest BCUT2D eigenvalue weighted by Gasteiger charge is 2.28. The quantitative estimate of drug-likeness (QED) is 0.610. The first-order valence-electron chi connectivity index (χ1n) is 4.84. The lowest BCUT2D eigenvalue weighted by Crippen LogP contribution is -2.46. The molecule has 0 spiro atoms. The van der Waals surface area contributed by atoms with E-state index in [1.807, 2.05) is 6.54 Å². The second kappa shape index (κ2) is 4.07. The summed E-state index contributed by atoms with van der Waals surface area (Å²) in [6.07, 6.45) is 1.73. The molecule has 0 bridgehead atoms. The van der Waals surface area contributed by atoms with E-state index in [0.29, 0.717) is 0 Å². The van der Waals surface area contributed by atoms with E-state index >= 15 is 0 Å². The summed E-state index contributed by atoms with van der Waals surface area (Å²) in [6, 6.07) is 0. The van der Waals surface area contributed by atoms with E-state index < -0.39 is 0 Å². The minimum absolute atomic E-state index is 0.138. The van der Waals surface area contributed by atoms with Gasteiger partial charge in [-0.3, -0.25) is 4.79 Å². The maximum absolute atomic E-state index is 11.7. The molecule has 1 atom stereocenters. The molecule has 2 rings (SSSR count). The van der Waals surface area contributed by atoms with E-state index in [0.717, 1.165) is 39.1 Å². The Balaban J connectivity index is 1.87. The number of carbonyl (C=O) groups is 1. The van der Waals surface area contributed by atoms with Crippen molar-refractivity contribution in [3.05, 3.63) is 6.54 Å². The molecule has 0 aromatic heterocycles. The largest absolute Gasteiger partial charge is 0.368 e. The second-order valence-corrected chi connectivity index (χ2v) is 3.42. The van der Waals surface area contributed by atoms with E-state index in [1.165, 1.54) is 0 Å². The van der Waals surface area contributed by atoms with Gasteiger partial charge in [-0.1, -0.05) is 0 Å². The van der Waals surface area contributed by atoms with Crippen molar-refractivity contribution in [1.82, 2.24) is 10.2 Å². The number of rotatable bonds is 1. The third-order valence-corrected chi connectivity index (χ3v) is 2.47. The molecule has 1 amide bonds. The van der Waals surface area contributed by atoms with E-state index in [2.05, 4.69) is 5.32 Å². The molecule has 1 N–H and O–H groups in total. The first-order valence-corrected chi connectivity index (χ1v) is 4.84. The molecule has 0 aromatic rings. The van der Waals surface area contributed by atoms with E-state index in [1.54, 1.807) is 4.90 Å². The lowest BCUT2D eigenvalue weighted by Gasteiger charge is -2.28. The van der Waals surface area contributed by atoms with Gasteiger partial charge in [0, 0.05) is 26.2 Å². The Morgan fingerprint density at radius 2 is 2.54 bits per heavy atom. The SMILES string of the molecule is O=C(C1CCCO1)N1[CH]CNCC1. The molecule has 2 fully saturated rings. The number of ether oxygens (including phenoxy) is 1. The second-order valence-electron chi connectivity index (χ2n) is 3.42. The lowest BCUT2D eigenvalue weighted by atomic mass is 10.2. The van der Waals surface area contributed by atoms with Gasteiger partial charge in [0.05, 0.1) is 6.54 Å². The molecule has 0 aromatic carbocycles. The van der Waals surface area contributed by atoms with Crippen LogP contribution in [0.25, 0.3) is 0 Å². The van der Waals surface area contributed by atoms with Crippen molar-refractivity contribution in [2.75, 3.05) is 26.2 Å². The van der Waals surface area contributed by atoms with Gasteiger partial charge in [-0.05, 0) is 12.8 Å². The molecule has 4 nitrogen and oxygen atoms in total. The molecule has 2 heterocycles. The fourth-order valence-electron chi connectivity index (χ4n) is 1.73. The van der Waals surface area contributed by atoms with Gasteiger partial charge in [0.25, 0.3) is 5.91 Å². The van der Waals surface area contributed by atoms with Crippen LogP contribution in [0.5, 0.6) is 0 Å². The van der Waals surface area contributed by atoms with Crippen molar-refractivity contribution in [3.8, 4) is 0 Å². The van der Waals surface area contributed by atoms with Crippen LogP contribution in [0, 0.1) is 6.54 Å². The summed E-state index contributed by atoms with van der Waals surface area (Å²) in [7, 11) is 0. The summed E-state index contributed by atoms with van der Waals surface area (Å²) in [4.78, 5) is 13.5. The summed E-state index contributed by atoms with van der Waals surface area (Å²) in [5, 5.41) is 3.17. The Labute approximate surface area is 78.2 Å². The highest BCUT2D eigenvalue weighted by molar-refractivity contribution is 5.81. The predicted octanol–water partition coefficient (Wildman–Crippen LogP) is -0.241. The zero-order valence-electron chi connectivity index (χ0n) is 7.66. The Hall–Kier alpha value is -0.610. The van der Waals surface area contributed by atoms with Crippen molar-refractivity contribution >= 4 is 5.91 Å². The average Bonchev–Trinajstić information content (AvgIpc) is 2.71. The van der Waals surface area contributed by atoms with Gasteiger partial charge in [-0.15, -0.1) is 0 Å². The summed E-state index contributed by atoms with van der Waals surface area (Å²) in [6.45, 7) is 5.10. The molecule has 1 radical (unpaired) electrons. The standard InChI is InChI=1S/C9H15N2O2/c12-9(8-2-1-7-13-8)11-5-3-10-4-6-11/h5,8,10H,1-4,6-7H2. The van der Waals surface area contributed by atoms with Gasteiger partial charge in [-0.25, -0.2) is 0 Å². The Bertz CT molecular complexity index is 184. The molecule has 2 saturated heterocycles. The zero-order chi connectivity index (χ0) is 9.10. The van der Waals surface area contributed by atoms with Crippen molar-refractivity contribution in [1.29, 1.82) is 0 Å². The molecular formula is C9H15N2O2. The molecule has 4 heteroatoms. The number of amides is 1. The van der Waals surface area contributed by atoms with Crippen LogP contribution in [0.3, 0.4) is 0 Å². The van der Waals surface area contributed by atoms with Gasteiger partial charge in [-0.2, -0.15) is 0 Å². The number of piperazine rings is 1. The first-order chi connectivity index (χ1) is 6.38. The van der Waals surface area contributed by atoms with Crippen molar-refractivity contribution in [2.45, 2.75) is 18.9 Å². The summed E-state index contributed by atoms with van der Waals surface area (Å²) in [5.74, 6) is 0.138. The molecular weight excluding hydrogens is 168 g/mol. The van der Waals surface area contributed by atoms with Gasteiger partial charge in [0.1, 0.15) is 6.10 Å². The lowest BCUT2D eigenvalue weighted by molar-refractivity contribution is -0.139. The Morgan fingerprint density at radius 3 is 3.15 bits per heavy atom. The summed E-state index contributed by atoms with van der Waals surface area (Å²) < 4.78 is 5.34. The highest BCUT2D eigenvalue weighted by Crippen LogP contribution is 2.15. The fourth-order valence-corrected chi connectivity index (χ4v) is 1.73. The zero-order valence-corrected chi connectivity index (χ0v) is 7.66. The molecule has 73 valence electrons. The van der Waals surface area contributed by atoms with Crippen LogP contribution in [-0.4, -0.2) is 43.2 Å². The maximum atomic E-state index is 11.7. The molecule has 0 aliphatic carbocycles. The molecule has 0 saturated carbocycles. The number of hydrogen-bond donors (Lipinski definition) is 1. The van der Waals surface area contributed by atoms with Gasteiger partial charge in [0.2, 0.25) is 0 Å². The van der Waals surface area contributed by atoms with Gasteiger partial charge in [0.15, 0.2) is 0 Å². The maximum Gasteiger partial charge on any atom is 0.252 e. The van der Waals surface area contributed by atoms with Crippen LogP contribution in [0.15, 0.2) is 0 Å². The number of nitrogens with zero attached hydrogens (tertiary/aromatic N) is 1. The predicted molar refractivity (Wildman–Crippen MR) is 47.9 cm³/mol. The van der Waals surface area contributed by atoms with Gasteiger partial charge >= 0.3 is 0 Å². The van der Waals surface area contributed by atoms with Crippen LogP contribution in [0.1, 0.15) is 12.8 Å². The molecule has 2 aliphatic rings. The topological polar surface area (TPSA) is 41.6 Å². The van der Waals surface area contributed by atoms with Crippen LogP contribution in [-0.2, 0) is 9.53 Å². The van der Waals surface area contributed by atoms with E-state index in [4.69, 9.17) is 4.74 Å². The molecule has 2 aliphatic heterocycles. The number of carbonyl (C=O) groups excluding carboxylic acids is 1. The Morgan fingerprint density at radius 1 is 1.62 bits per heavy atom. The minimum atomic E-state index is -0.172. The van der Waals surface area contributed by atoms with Crippen molar-refractivity contribution < 1.29 is 9.53 Å². The first kappa shape index (κ1) is 8.97. The van der Waals surface area contributed by atoms with Crippen LogP contribution < -0.4 is 5.32 Å². The minimum Gasteiger partial charge on any atom is -0.368 e. The van der Waals surface area contributed by atoms with Gasteiger partial charge < -0.3 is 15.0 Å². The molecule has 1 unspecified atom stereocenters. The van der Waals surface area contributed by atoms with Crippen molar-refractivity contribution in [2.24, 2.45) is 0 Å². The Kier molecular flexibility index (Phi) is 2.80. The average molecular weight is 183 g/mol. The highest BCUT2D eigenvalue weighted by atomic mass is 16.5. The smallest absolute Gasteiger partial charge is 0.252 e. The van der Waals surface area contributed by atoms with E-state index in [-0.39, 0.29) is 12.0 Å². The summed E-state index contributed by atoms with van der Waals surface area (Å²) >= 11 is 0. The molecule has 13 heavy (non-hydrogen) atoms. The van der Waals surface area contributed by atoms with Crippen LogP contribution in [0.2, 0.25) is 0 Å². The fraction of sp³-hybridized carbons (Fsp3) is 0.778.